The van der Waals surface area contributed by atoms with Gasteiger partial charge >= 0.3 is 89.3 Å². The first-order chi connectivity index (χ1) is 7.04. The van der Waals surface area contributed by atoms with Crippen molar-refractivity contribution in [3.8, 4) is 0 Å². The average molecular weight is 280 g/mol. The summed E-state index contributed by atoms with van der Waals surface area (Å²) in [5, 5.41) is 0. The van der Waals surface area contributed by atoms with Gasteiger partial charge in [-0.3, -0.25) is 0 Å². The summed E-state index contributed by atoms with van der Waals surface area (Å²) >= 11 is -0.582. The zero-order valence-electron chi connectivity index (χ0n) is 7.88. The maximum absolute atomic E-state index is 13.7. The first kappa shape index (κ1) is 10.4. The summed E-state index contributed by atoms with van der Waals surface area (Å²) in [7, 11) is 2.87. The molecule has 0 aliphatic carbocycles. The molecule has 7 heteroatoms. The standard InChI is InChI=1S/C8H6F3N3Se/c1-14(2)8-4(10)3(9)6-7(5(8)11)13-15-12-6/h1-2H3. The summed E-state index contributed by atoms with van der Waals surface area (Å²) in [6.45, 7) is 0. The number of fused-ring (bicyclic) bond motifs is 1. The average Bonchev–Trinajstić information content (AvgIpc) is 2.62. The van der Waals surface area contributed by atoms with Crippen LogP contribution in [0.1, 0.15) is 0 Å². The van der Waals surface area contributed by atoms with Crippen LogP contribution in [0.15, 0.2) is 0 Å². The number of anilines is 1. The molecule has 0 amide bonds. The molecule has 80 valence electrons. The Labute approximate surface area is 89.7 Å². The van der Waals surface area contributed by atoms with Crippen LogP contribution in [-0.2, 0) is 0 Å². The van der Waals surface area contributed by atoms with Crippen LogP contribution < -0.4 is 4.90 Å². The van der Waals surface area contributed by atoms with E-state index in [1.807, 2.05) is 0 Å². The number of rotatable bonds is 1. The molecule has 0 aliphatic rings. The summed E-state index contributed by atoms with van der Waals surface area (Å²) in [5.74, 6) is -3.19. The second-order valence-electron chi connectivity index (χ2n) is 3.15. The van der Waals surface area contributed by atoms with Crippen LogP contribution in [0.5, 0.6) is 0 Å². The van der Waals surface area contributed by atoms with E-state index in [1.165, 1.54) is 19.0 Å². The molecule has 0 saturated carbocycles. The van der Waals surface area contributed by atoms with Crippen LogP contribution in [-0.4, -0.2) is 37.0 Å². The predicted molar refractivity (Wildman–Crippen MR) is 50.7 cm³/mol. The monoisotopic (exact) mass is 281 g/mol. The van der Waals surface area contributed by atoms with E-state index < -0.39 is 38.1 Å². The minimum atomic E-state index is -1.21. The van der Waals surface area contributed by atoms with E-state index in [0.717, 1.165) is 0 Å². The Kier molecular flexibility index (Phi) is 2.44. The molecule has 0 aliphatic heterocycles. The van der Waals surface area contributed by atoms with Crippen molar-refractivity contribution in [3.05, 3.63) is 17.5 Å². The zero-order chi connectivity index (χ0) is 11.2. The van der Waals surface area contributed by atoms with Crippen LogP contribution in [0.2, 0.25) is 0 Å². The minimum absolute atomic E-state index is 0.169. The van der Waals surface area contributed by atoms with E-state index in [9.17, 15) is 13.2 Å². The van der Waals surface area contributed by atoms with Crippen molar-refractivity contribution in [2.45, 2.75) is 0 Å². The van der Waals surface area contributed by atoms with Gasteiger partial charge in [0, 0.05) is 0 Å². The molecule has 2 aromatic rings. The summed E-state index contributed by atoms with van der Waals surface area (Å²) in [5.41, 5.74) is -0.879. The van der Waals surface area contributed by atoms with E-state index in [-0.39, 0.29) is 11.0 Å². The Morgan fingerprint density at radius 3 is 2.00 bits per heavy atom. The van der Waals surface area contributed by atoms with Crippen molar-refractivity contribution in [3.63, 3.8) is 0 Å². The number of nitrogens with zero attached hydrogens (tertiary/aromatic N) is 3. The van der Waals surface area contributed by atoms with Gasteiger partial charge in [-0.2, -0.15) is 0 Å². The van der Waals surface area contributed by atoms with Crippen molar-refractivity contribution in [1.82, 2.24) is 7.96 Å². The van der Waals surface area contributed by atoms with Gasteiger partial charge < -0.3 is 0 Å². The van der Waals surface area contributed by atoms with Gasteiger partial charge in [0.1, 0.15) is 0 Å². The Balaban J connectivity index is 2.92. The molecule has 0 fully saturated rings. The number of hydrogen-bond acceptors (Lipinski definition) is 3. The van der Waals surface area contributed by atoms with Crippen LogP contribution in [0.4, 0.5) is 18.9 Å². The normalized spacial score (nSPS) is 11.0. The molecular formula is C8H6F3N3Se. The molecular weight excluding hydrogens is 274 g/mol. The van der Waals surface area contributed by atoms with Crippen molar-refractivity contribution in [1.29, 1.82) is 0 Å². The fourth-order valence-electron chi connectivity index (χ4n) is 1.29. The number of aromatic nitrogens is 2. The Morgan fingerprint density at radius 2 is 1.47 bits per heavy atom. The molecule has 2 rings (SSSR count). The molecule has 3 nitrogen and oxygen atoms in total. The quantitative estimate of drug-likeness (QED) is 0.580. The molecule has 0 N–H and O–H groups in total. The van der Waals surface area contributed by atoms with Gasteiger partial charge in [0.15, 0.2) is 0 Å². The molecule has 1 aromatic heterocycles. The maximum atomic E-state index is 13.7. The fraction of sp³-hybridized carbons (Fsp3) is 0.250. The Hall–Kier alpha value is -1.07. The molecule has 1 aromatic carbocycles. The van der Waals surface area contributed by atoms with Crippen LogP contribution in [0, 0.1) is 17.5 Å². The van der Waals surface area contributed by atoms with E-state index in [4.69, 9.17) is 0 Å². The molecule has 0 radical (unpaired) electrons. The molecule has 15 heavy (non-hydrogen) atoms. The third kappa shape index (κ3) is 1.42. The van der Waals surface area contributed by atoms with Crippen molar-refractivity contribution in [2.75, 3.05) is 19.0 Å². The summed E-state index contributed by atoms with van der Waals surface area (Å²) in [6, 6.07) is 0. The summed E-state index contributed by atoms with van der Waals surface area (Å²) in [6.07, 6.45) is 0. The van der Waals surface area contributed by atoms with Gasteiger partial charge in [0.2, 0.25) is 0 Å². The number of hydrogen-bond donors (Lipinski definition) is 0. The molecule has 0 spiro atoms. The van der Waals surface area contributed by atoms with Crippen LogP contribution in [0.25, 0.3) is 11.0 Å². The zero-order valence-corrected chi connectivity index (χ0v) is 9.60. The topological polar surface area (TPSA) is 29.0 Å². The van der Waals surface area contributed by atoms with Gasteiger partial charge in [0.05, 0.1) is 0 Å². The van der Waals surface area contributed by atoms with Gasteiger partial charge in [-0.25, -0.2) is 0 Å². The fourth-order valence-corrected chi connectivity index (χ4v) is 2.41. The van der Waals surface area contributed by atoms with E-state index in [1.54, 1.807) is 0 Å². The summed E-state index contributed by atoms with van der Waals surface area (Å²) < 4.78 is 47.9. The Morgan fingerprint density at radius 1 is 0.933 bits per heavy atom. The number of halogens is 3. The van der Waals surface area contributed by atoms with Gasteiger partial charge in [-0.05, 0) is 0 Å². The second kappa shape index (κ2) is 3.50. The molecule has 1 heterocycles. The first-order valence-electron chi connectivity index (χ1n) is 4.00. The van der Waals surface area contributed by atoms with E-state index in [2.05, 4.69) is 7.96 Å². The Bertz CT molecular complexity index is 523. The van der Waals surface area contributed by atoms with E-state index in [0.29, 0.717) is 0 Å². The van der Waals surface area contributed by atoms with Crippen molar-refractivity contribution in [2.24, 2.45) is 0 Å². The molecule has 0 saturated heterocycles. The molecule has 0 atom stereocenters. The van der Waals surface area contributed by atoms with Gasteiger partial charge in [-0.15, -0.1) is 0 Å². The first-order valence-corrected chi connectivity index (χ1v) is 5.53. The van der Waals surface area contributed by atoms with Crippen molar-refractivity contribution < 1.29 is 13.2 Å². The van der Waals surface area contributed by atoms with Gasteiger partial charge in [0.25, 0.3) is 0 Å². The summed E-state index contributed by atoms with van der Waals surface area (Å²) in [4.78, 5) is 1.18. The number of benzene rings is 1. The molecule has 0 bridgehead atoms. The SMILES string of the molecule is CN(C)c1c(F)c(F)c2n[se]nc2c1F. The third-order valence-corrected chi connectivity index (χ3v) is 3.07. The molecule has 0 unspecified atom stereocenters. The van der Waals surface area contributed by atoms with Crippen LogP contribution >= 0.6 is 0 Å². The van der Waals surface area contributed by atoms with Gasteiger partial charge in [-0.1, -0.05) is 0 Å². The third-order valence-electron chi connectivity index (χ3n) is 1.96. The van der Waals surface area contributed by atoms with E-state index >= 15 is 0 Å². The van der Waals surface area contributed by atoms with Crippen molar-refractivity contribution >= 4 is 31.7 Å². The predicted octanol–water partition coefficient (Wildman–Crippen LogP) is 1.17. The van der Waals surface area contributed by atoms with Crippen LogP contribution in [0.3, 0.4) is 0 Å². The second-order valence-corrected chi connectivity index (χ2v) is 4.26.